The second-order valence-corrected chi connectivity index (χ2v) is 23.3. The predicted molar refractivity (Wildman–Crippen MR) is 340 cm³/mol. The minimum atomic E-state index is -0.719. The Morgan fingerprint density at radius 2 is 0.607 bits per heavy atom. The molecule has 1 spiro atoms. The van der Waals surface area contributed by atoms with Gasteiger partial charge in [0.1, 0.15) is 95.7 Å². The molecule has 2 aliphatic carbocycles. The first kappa shape index (κ1) is 58.0. The first-order valence-electron chi connectivity index (χ1n) is 29.2. The van der Waals surface area contributed by atoms with Crippen molar-refractivity contribution in [3.8, 4) is 81.1 Å². The highest BCUT2D eigenvalue weighted by Gasteiger charge is 2.57. The van der Waals surface area contributed by atoms with Crippen molar-refractivity contribution in [2.24, 2.45) is 0 Å². The molecule has 0 heterocycles. The van der Waals surface area contributed by atoms with Gasteiger partial charge in [-0.15, -0.1) is 0 Å². The van der Waals surface area contributed by atoms with E-state index < -0.39 is 16.2 Å². The van der Waals surface area contributed by atoms with E-state index in [-0.39, 0.29) is 77.7 Å². The van der Waals surface area contributed by atoms with Gasteiger partial charge in [0.25, 0.3) is 11.4 Å². The van der Waals surface area contributed by atoms with Crippen LogP contribution in [0.25, 0.3) is 9.69 Å². The van der Waals surface area contributed by atoms with E-state index in [1.165, 1.54) is 0 Å². The van der Waals surface area contributed by atoms with Crippen LogP contribution in [-0.2, 0) is 42.7 Å². The van der Waals surface area contributed by atoms with Crippen molar-refractivity contribution in [3.05, 3.63) is 297 Å². The average molecular weight is 1170 g/mol. The van der Waals surface area contributed by atoms with E-state index in [4.69, 9.17) is 51.0 Å². The Labute approximate surface area is 518 Å². The number of nitrogens with zero attached hydrogens (tertiary/aromatic N) is 4. The summed E-state index contributed by atoms with van der Waals surface area (Å²) in [4.78, 5) is 7.93. The van der Waals surface area contributed by atoms with Gasteiger partial charge in [-0.05, 0) is 141 Å². The smallest absolute Gasteiger partial charge is 0.269 e. The highest BCUT2D eigenvalue weighted by Crippen LogP contribution is 2.66. The topological polar surface area (TPSA) is 130 Å². The van der Waals surface area contributed by atoms with Gasteiger partial charge in [0.2, 0.25) is 0 Å². The molecule has 1 unspecified atom stereocenters. The molecule has 12 rings (SSSR count). The Morgan fingerprint density at radius 1 is 0.337 bits per heavy atom. The van der Waals surface area contributed by atoms with E-state index in [0.29, 0.717) is 53.1 Å². The summed E-state index contributed by atoms with van der Waals surface area (Å²) in [6, 6.07) is 72.8. The molecular weight excluding hydrogens is 1110 g/mol. The Balaban J connectivity index is 1.00. The Bertz CT molecular complexity index is 4160. The zero-order chi connectivity index (χ0) is 61.5. The average Bonchev–Trinajstić information content (AvgIpc) is 1.55. The molecule has 2 aliphatic rings. The Morgan fingerprint density at radius 3 is 0.921 bits per heavy atom. The molecule has 10 aromatic rings. The molecule has 0 amide bonds. The first-order valence-corrected chi connectivity index (χ1v) is 29.2. The zero-order valence-electron chi connectivity index (χ0n) is 49.6. The van der Waals surface area contributed by atoms with Gasteiger partial charge < -0.3 is 37.9 Å². The fourth-order valence-corrected chi connectivity index (χ4v) is 12.3. The van der Waals surface area contributed by atoms with Crippen LogP contribution in [0.1, 0.15) is 96.2 Å². The third-order valence-corrected chi connectivity index (χ3v) is 16.3. The van der Waals surface area contributed by atoms with Crippen LogP contribution in [0.3, 0.4) is 0 Å². The summed E-state index contributed by atoms with van der Waals surface area (Å²) in [5.74, 6) is 3.58. The summed E-state index contributed by atoms with van der Waals surface area (Å²) < 4.78 is 53.1. The lowest BCUT2D eigenvalue weighted by molar-refractivity contribution is 0.302. The summed E-state index contributed by atoms with van der Waals surface area (Å²) in [7, 11) is 0. The van der Waals surface area contributed by atoms with Gasteiger partial charge in [-0.2, -0.15) is 10.5 Å². The molecule has 89 heavy (non-hydrogen) atoms. The molecule has 0 bridgehead atoms. The highest BCUT2D eigenvalue weighted by atomic mass is 16.5. The van der Waals surface area contributed by atoms with E-state index >= 15 is 0 Å². The van der Waals surface area contributed by atoms with Crippen LogP contribution in [0, 0.1) is 35.8 Å². The van der Waals surface area contributed by atoms with Gasteiger partial charge in [-0.25, -0.2) is 9.69 Å². The molecule has 0 aromatic heterocycles. The maximum absolute atomic E-state index is 10.9. The van der Waals surface area contributed by atoms with Crippen LogP contribution >= 0.6 is 0 Å². The lowest BCUT2D eigenvalue weighted by Crippen LogP contribution is -2.27. The van der Waals surface area contributed by atoms with E-state index in [9.17, 15) is 10.5 Å². The van der Waals surface area contributed by atoms with E-state index in [1.807, 2.05) is 146 Å². The second kappa shape index (κ2) is 24.9. The predicted octanol–water partition coefficient (Wildman–Crippen LogP) is 19.7. The summed E-state index contributed by atoms with van der Waals surface area (Å²) in [6.45, 7) is 26.7. The standard InChI is InChI=1S/C77H60N4O8/c1-75(2)49-77(59-41-71(87-64-34-20-32-62(56(64)44-79)83-46-52-25-13-8-14-26-52)69(39-57(59)75)86-63-33-19-31-61(55(63)43-78)82-45-51-23-11-7-12-24-51)50-76(3,4)58-40-70(88-67-37-21-35-65(73(67)80-5)84-47-53-27-15-9-16-28-53)72(42-60(58)77)89-68-38-22-36-66(74(68)81-6)85-48-54-29-17-10-18-30-54/h7-42H,45-50H2,1-4H3. The molecule has 0 N–H and O–H groups in total. The molecule has 12 heteroatoms. The summed E-state index contributed by atoms with van der Waals surface area (Å²) in [6.07, 6.45) is 1.26. The summed E-state index contributed by atoms with van der Waals surface area (Å²) >= 11 is 0. The van der Waals surface area contributed by atoms with Crippen molar-refractivity contribution in [2.45, 2.75) is 83.2 Å². The van der Waals surface area contributed by atoms with Crippen LogP contribution in [0.15, 0.2) is 218 Å². The number of hydrogen-bond acceptors (Lipinski definition) is 10. The number of para-hydroxylation sites is 2. The molecule has 0 aliphatic heterocycles. The largest absolute Gasteiger partial charge is 0.500 e. The number of hydrogen-bond donors (Lipinski definition) is 0. The van der Waals surface area contributed by atoms with Crippen molar-refractivity contribution in [1.82, 2.24) is 0 Å². The van der Waals surface area contributed by atoms with Gasteiger partial charge in [-0.1, -0.05) is 173 Å². The number of rotatable bonds is 20. The van der Waals surface area contributed by atoms with Gasteiger partial charge in [0, 0.05) is 5.41 Å². The molecular formula is C77H60N4O8. The fourth-order valence-electron chi connectivity index (χ4n) is 12.3. The number of ether oxygens (including phenoxy) is 8. The number of fused-ring (bicyclic) bond motifs is 4. The van der Waals surface area contributed by atoms with Crippen molar-refractivity contribution >= 4 is 11.4 Å². The van der Waals surface area contributed by atoms with Crippen LogP contribution in [0.5, 0.6) is 69.0 Å². The molecule has 1 atom stereocenters. The van der Waals surface area contributed by atoms with Gasteiger partial charge >= 0.3 is 0 Å². The third-order valence-electron chi connectivity index (χ3n) is 16.3. The van der Waals surface area contributed by atoms with Crippen LogP contribution in [0.2, 0.25) is 0 Å². The Kier molecular flexibility index (Phi) is 16.2. The lowest BCUT2D eigenvalue weighted by Gasteiger charge is -2.31. The van der Waals surface area contributed by atoms with E-state index in [2.05, 4.69) is 49.5 Å². The Hall–Kier alpha value is -11.4. The number of nitriles is 2. The molecule has 0 saturated heterocycles. The van der Waals surface area contributed by atoms with Crippen molar-refractivity contribution in [3.63, 3.8) is 0 Å². The monoisotopic (exact) mass is 1170 g/mol. The van der Waals surface area contributed by atoms with Crippen LogP contribution in [-0.4, -0.2) is 0 Å². The molecule has 10 aromatic carbocycles. The molecule has 0 saturated carbocycles. The molecule has 0 radical (unpaired) electrons. The van der Waals surface area contributed by atoms with E-state index in [0.717, 1.165) is 44.5 Å². The van der Waals surface area contributed by atoms with Gasteiger partial charge in [0.05, 0.1) is 13.1 Å². The minimum absolute atomic E-state index is 0.170. The maximum atomic E-state index is 10.9. The van der Waals surface area contributed by atoms with Crippen LogP contribution in [0.4, 0.5) is 11.4 Å². The maximum Gasteiger partial charge on any atom is 0.269 e. The minimum Gasteiger partial charge on any atom is -0.500 e. The van der Waals surface area contributed by atoms with Gasteiger partial charge in [-0.3, -0.25) is 0 Å². The van der Waals surface area contributed by atoms with E-state index in [1.54, 1.807) is 72.8 Å². The second-order valence-electron chi connectivity index (χ2n) is 23.3. The third kappa shape index (κ3) is 12.0. The first-order chi connectivity index (χ1) is 43.4. The summed E-state index contributed by atoms with van der Waals surface area (Å²) in [5, 5.41) is 21.7. The van der Waals surface area contributed by atoms with Crippen molar-refractivity contribution in [2.75, 3.05) is 0 Å². The van der Waals surface area contributed by atoms with Gasteiger partial charge in [0.15, 0.2) is 23.0 Å². The lowest BCUT2D eigenvalue weighted by atomic mass is 9.72. The molecule has 0 fully saturated rings. The highest BCUT2D eigenvalue weighted by molar-refractivity contribution is 5.73. The molecule has 436 valence electrons. The summed E-state index contributed by atoms with van der Waals surface area (Å²) in [5.41, 5.74) is 6.64. The fraction of sp³-hybridized carbons (Fsp3) is 0.169. The number of benzene rings is 10. The van der Waals surface area contributed by atoms with Crippen LogP contribution < -0.4 is 37.9 Å². The van der Waals surface area contributed by atoms with Crippen molar-refractivity contribution in [1.29, 1.82) is 10.5 Å². The normalized spacial score (nSPS) is 14.6. The quantitative estimate of drug-likeness (QED) is 0.0680. The molecule has 12 nitrogen and oxygen atoms in total. The SMILES string of the molecule is [C-]#[N+]c1c(OCc2ccccc2)cccc1Oc1cc2c(cc1Oc1cccc(OCc3ccccc3)c1[N+]#[C-])C1(CC(C)(C)c3cc(Oc4cccc(OCc5ccccc5)c4C#N)c(Oc4cccc(OCc5ccccc5)c4C#N)cc31)CC2(C)C. The zero-order valence-corrected chi connectivity index (χ0v) is 49.6. The van der Waals surface area contributed by atoms with Crippen molar-refractivity contribution < 1.29 is 37.9 Å².